The molecule has 8 heteroatoms. The van der Waals surface area contributed by atoms with Crippen LogP contribution < -0.4 is 11.2 Å². The number of rotatable bonds is 3. The van der Waals surface area contributed by atoms with Gasteiger partial charge >= 0.3 is 5.69 Å². The van der Waals surface area contributed by atoms with Gasteiger partial charge in [-0.1, -0.05) is 29.8 Å². The number of aryl methyl sites for hydroxylation is 5. The van der Waals surface area contributed by atoms with Crippen LogP contribution in [0.5, 0.6) is 0 Å². The van der Waals surface area contributed by atoms with Crippen molar-refractivity contribution in [2.45, 2.75) is 27.3 Å². The van der Waals surface area contributed by atoms with Crippen molar-refractivity contribution in [3.05, 3.63) is 73.7 Å². The molecule has 0 spiro atoms. The van der Waals surface area contributed by atoms with E-state index in [1.807, 2.05) is 51.1 Å². The Morgan fingerprint density at radius 2 is 1.64 bits per heavy atom. The predicted molar refractivity (Wildman–Crippen MR) is 107 cm³/mol. The fourth-order valence-electron chi connectivity index (χ4n) is 3.47. The Kier molecular flexibility index (Phi) is 4.06. The van der Waals surface area contributed by atoms with Crippen LogP contribution in [0.3, 0.4) is 0 Å². The molecule has 0 amide bonds. The molecule has 144 valence electrons. The van der Waals surface area contributed by atoms with E-state index < -0.39 is 5.69 Å². The van der Waals surface area contributed by atoms with Crippen molar-refractivity contribution in [2.24, 2.45) is 14.1 Å². The summed E-state index contributed by atoms with van der Waals surface area (Å²) in [5.74, 6) is 0.501. The molecule has 3 heterocycles. The number of benzene rings is 1. The molecule has 1 aromatic carbocycles. The summed E-state index contributed by atoms with van der Waals surface area (Å²) in [7, 11) is 3.40. The number of aromatic nitrogens is 6. The van der Waals surface area contributed by atoms with Gasteiger partial charge in [-0.2, -0.15) is 10.1 Å². The van der Waals surface area contributed by atoms with Gasteiger partial charge in [0, 0.05) is 19.8 Å². The van der Waals surface area contributed by atoms with Crippen LogP contribution in [0.25, 0.3) is 17.1 Å². The lowest BCUT2D eigenvalue weighted by molar-refractivity contribution is 0.654. The monoisotopic (exact) mass is 378 g/mol. The fraction of sp³-hybridized carbons (Fsp3) is 0.300. The Balaban J connectivity index is 1.96. The summed E-state index contributed by atoms with van der Waals surface area (Å²) < 4.78 is 6.05. The van der Waals surface area contributed by atoms with Crippen molar-refractivity contribution in [1.82, 2.24) is 28.5 Å². The average molecular weight is 378 g/mol. The molecule has 8 nitrogen and oxygen atoms in total. The third-order valence-electron chi connectivity index (χ3n) is 5.00. The molecular formula is C20H22N6O2. The van der Waals surface area contributed by atoms with E-state index >= 15 is 0 Å². The van der Waals surface area contributed by atoms with Crippen molar-refractivity contribution >= 4 is 11.2 Å². The summed E-state index contributed by atoms with van der Waals surface area (Å²) in [6.45, 7) is 6.03. The first-order valence-electron chi connectivity index (χ1n) is 9.03. The fourth-order valence-corrected chi connectivity index (χ4v) is 3.47. The molecule has 0 bridgehead atoms. The number of fused-ring (bicyclic) bond motifs is 1. The smallest absolute Gasteiger partial charge is 0.306 e. The van der Waals surface area contributed by atoms with Gasteiger partial charge in [-0.3, -0.25) is 13.9 Å². The topological polar surface area (TPSA) is 79.6 Å². The second-order valence-electron chi connectivity index (χ2n) is 7.20. The van der Waals surface area contributed by atoms with Gasteiger partial charge in [0.15, 0.2) is 11.2 Å². The zero-order valence-corrected chi connectivity index (χ0v) is 16.6. The van der Waals surface area contributed by atoms with Gasteiger partial charge in [-0.15, -0.1) is 0 Å². The second kappa shape index (κ2) is 6.33. The van der Waals surface area contributed by atoms with E-state index in [1.165, 1.54) is 9.13 Å². The summed E-state index contributed by atoms with van der Waals surface area (Å²) in [4.78, 5) is 30.6. The van der Waals surface area contributed by atoms with E-state index in [4.69, 9.17) is 0 Å². The van der Waals surface area contributed by atoms with Crippen LogP contribution in [0.4, 0.5) is 0 Å². The van der Waals surface area contributed by atoms with Gasteiger partial charge in [0.2, 0.25) is 5.95 Å². The van der Waals surface area contributed by atoms with E-state index in [0.717, 1.165) is 22.5 Å². The van der Waals surface area contributed by atoms with E-state index in [2.05, 4.69) is 10.1 Å². The van der Waals surface area contributed by atoms with Gasteiger partial charge in [-0.05, 0) is 32.4 Å². The second-order valence-corrected chi connectivity index (χ2v) is 7.20. The zero-order valence-electron chi connectivity index (χ0n) is 16.6. The van der Waals surface area contributed by atoms with Gasteiger partial charge in [-0.25, -0.2) is 9.48 Å². The number of nitrogens with zero attached hydrogens (tertiary/aromatic N) is 6. The summed E-state index contributed by atoms with van der Waals surface area (Å²) in [6.07, 6.45) is 0. The van der Waals surface area contributed by atoms with Crippen LogP contribution in [0.1, 0.15) is 22.5 Å². The summed E-state index contributed by atoms with van der Waals surface area (Å²) in [5, 5.41) is 4.45. The lowest BCUT2D eigenvalue weighted by Gasteiger charge is -2.09. The van der Waals surface area contributed by atoms with Gasteiger partial charge < -0.3 is 4.57 Å². The van der Waals surface area contributed by atoms with Crippen molar-refractivity contribution in [1.29, 1.82) is 0 Å². The molecule has 4 rings (SSSR count). The molecule has 0 radical (unpaired) electrons. The number of imidazole rings is 1. The highest BCUT2D eigenvalue weighted by Crippen LogP contribution is 2.15. The summed E-state index contributed by atoms with van der Waals surface area (Å²) in [6, 6.07) is 9.72. The average Bonchev–Trinajstić information content (AvgIpc) is 3.17. The molecule has 0 fully saturated rings. The maximum atomic E-state index is 13.2. The van der Waals surface area contributed by atoms with Crippen LogP contribution in [-0.2, 0) is 20.6 Å². The third kappa shape index (κ3) is 2.69. The molecule has 0 atom stereocenters. The standard InChI is InChI=1S/C20H22N6O2/c1-12-6-8-15(9-7-12)11-25-18(27)16-17(24(5)20(25)28)21-19(23(16)4)26-14(3)10-13(2)22-26/h6-10H,11H2,1-5H3. The molecule has 28 heavy (non-hydrogen) atoms. The van der Waals surface area contributed by atoms with E-state index in [9.17, 15) is 9.59 Å². The van der Waals surface area contributed by atoms with Crippen molar-refractivity contribution in [3.63, 3.8) is 0 Å². The van der Waals surface area contributed by atoms with Crippen LogP contribution in [0, 0.1) is 20.8 Å². The Bertz CT molecular complexity index is 1320. The van der Waals surface area contributed by atoms with Crippen LogP contribution in [-0.4, -0.2) is 28.5 Å². The molecule has 3 aromatic heterocycles. The Morgan fingerprint density at radius 1 is 0.964 bits per heavy atom. The first-order chi connectivity index (χ1) is 13.3. The minimum atomic E-state index is -0.393. The minimum Gasteiger partial charge on any atom is -0.306 e. The highest BCUT2D eigenvalue weighted by atomic mass is 16.2. The lowest BCUT2D eigenvalue weighted by atomic mass is 10.1. The molecule has 0 saturated carbocycles. The highest BCUT2D eigenvalue weighted by Gasteiger charge is 2.20. The van der Waals surface area contributed by atoms with E-state index in [-0.39, 0.29) is 12.1 Å². The van der Waals surface area contributed by atoms with Gasteiger partial charge in [0.05, 0.1) is 12.2 Å². The van der Waals surface area contributed by atoms with E-state index in [0.29, 0.717) is 17.1 Å². The zero-order chi connectivity index (χ0) is 20.2. The van der Waals surface area contributed by atoms with Crippen LogP contribution >= 0.6 is 0 Å². The Labute approximate surface area is 161 Å². The Morgan fingerprint density at radius 3 is 2.25 bits per heavy atom. The molecule has 0 N–H and O–H groups in total. The Hall–Kier alpha value is -3.42. The molecule has 0 aliphatic rings. The molecule has 0 aliphatic heterocycles. The van der Waals surface area contributed by atoms with Crippen molar-refractivity contribution in [3.8, 4) is 5.95 Å². The molecule has 4 aromatic rings. The van der Waals surface area contributed by atoms with Crippen molar-refractivity contribution < 1.29 is 0 Å². The molecule has 0 unspecified atom stereocenters. The molecule has 0 aliphatic carbocycles. The summed E-state index contributed by atoms with van der Waals surface area (Å²) >= 11 is 0. The predicted octanol–water partition coefficient (Wildman–Crippen LogP) is 1.59. The van der Waals surface area contributed by atoms with Crippen molar-refractivity contribution in [2.75, 3.05) is 0 Å². The number of hydrogen-bond acceptors (Lipinski definition) is 4. The largest absolute Gasteiger partial charge is 0.332 e. The molecular weight excluding hydrogens is 356 g/mol. The van der Waals surface area contributed by atoms with E-state index in [1.54, 1.807) is 23.3 Å². The third-order valence-corrected chi connectivity index (χ3v) is 5.00. The first kappa shape index (κ1) is 18.0. The number of hydrogen-bond donors (Lipinski definition) is 0. The SMILES string of the molecule is Cc1ccc(Cn2c(=O)c3c(nc(-n4nc(C)cc4C)n3C)n(C)c2=O)cc1. The maximum absolute atomic E-state index is 13.2. The molecule has 0 saturated heterocycles. The normalized spacial score (nSPS) is 11.5. The van der Waals surface area contributed by atoms with Crippen LogP contribution in [0.15, 0.2) is 39.9 Å². The maximum Gasteiger partial charge on any atom is 0.332 e. The van der Waals surface area contributed by atoms with Gasteiger partial charge in [0.1, 0.15) is 0 Å². The van der Waals surface area contributed by atoms with Gasteiger partial charge in [0.25, 0.3) is 5.56 Å². The minimum absolute atomic E-state index is 0.210. The quantitative estimate of drug-likeness (QED) is 0.542. The van der Waals surface area contributed by atoms with Crippen LogP contribution in [0.2, 0.25) is 0 Å². The lowest BCUT2D eigenvalue weighted by Crippen LogP contribution is -2.39. The first-order valence-corrected chi connectivity index (χ1v) is 9.03. The highest BCUT2D eigenvalue weighted by molar-refractivity contribution is 5.72. The summed E-state index contributed by atoms with van der Waals surface area (Å²) in [5.41, 5.74) is 3.75.